The summed E-state index contributed by atoms with van der Waals surface area (Å²) in [5.74, 6) is 1.31. The number of ether oxygens (including phenoxy) is 3. The number of hydrogen-bond acceptors (Lipinski definition) is 8. The quantitative estimate of drug-likeness (QED) is 0.138. The van der Waals surface area contributed by atoms with E-state index in [1.165, 1.54) is 12.1 Å². The molecule has 0 unspecified atom stereocenters. The van der Waals surface area contributed by atoms with Gasteiger partial charge < -0.3 is 24.4 Å². The predicted octanol–water partition coefficient (Wildman–Crippen LogP) is 5.54. The number of rotatable bonds is 17. The predicted molar refractivity (Wildman–Crippen MR) is 153 cm³/mol. The Hall–Kier alpha value is -4.67. The maximum absolute atomic E-state index is 13.3. The standard InChI is InChI=1S/C31H35FN4O6/c1-2-21-19-25(22-10-12-23(32)13-11-22)26(37)20-29(21)42-18-6-17-41-28-8-5-7-27(24(28)14-15-31(38)39)40-16-4-3-9-30-33-35-36-34-30/h5,7-8,10-13,19-20,37H,2-4,6,9,14-18H2,1H3,(H,38,39)(H,33,34,35,36). The molecule has 0 saturated carbocycles. The average Bonchev–Trinajstić information content (AvgIpc) is 3.50. The number of aromatic amines is 1. The van der Waals surface area contributed by atoms with Crippen LogP contribution in [0.3, 0.4) is 0 Å². The summed E-state index contributed by atoms with van der Waals surface area (Å²) in [6, 6.07) is 14.9. The second-order valence-corrected chi connectivity index (χ2v) is 9.67. The number of halogens is 1. The lowest BCUT2D eigenvalue weighted by Gasteiger charge is -2.17. The molecule has 0 aliphatic carbocycles. The van der Waals surface area contributed by atoms with Gasteiger partial charge in [-0.3, -0.25) is 4.79 Å². The van der Waals surface area contributed by atoms with Crippen molar-refractivity contribution in [3.63, 3.8) is 0 Å². The lowest BCUT2D eigenvalue weighted by Crippen LogP contribution is -2.09. The van der Waals surface area contributed by atoms with Gasteiger partial charge in [-0.05, 0) is 77.6 Å². The van der Waals surface area contributed by atoms with Crippen LogP contribution in [0.15, 0.2) is 54.6 Å². The van der Waals surface area contributed by atoms with Gasteiger partial charge in [0.1, 0.15) is 34.6 Å². The highest BCUT2D eigenvalue weighted by molar-refractivity contribution is 5.72. The summed E-state index contributed by atoms with van der Waals surface area (Å²) in [7, 11) is 0. The number of H-pyrrole nitrogens is 1. The first-order valence-corrected chi connectivity index (χ1v) is 14.0. The number of unbranched alkanes of at least 4 members (excludes halogenated alkanes) is 1. The average molecular weight is 579 g/mol. The van der Waals surface area contributed by atoms with Gasteiger partial charge in [-0.2, -0.15) is 0 Å². The molecule has 0 aliphatic rings. The maximum atomic E-state index is 13.3. The third kappa shape index (κ3) is 8.66. The fourth-order valence-electron chi connectivity index (χ4n) is 4.46. The number of nitrogens with zero attached hydrogens (tertiary/aromatic N) is 3. The molecule has 1 aromatic heterocycles. The van der Waals surface area contributed by atoms with E-state index in [4.69, 9.17) is 14.2 Å². The van der Waals surface area contributed by atoms with Gasteiger partial charge in [-0.1, -0.05) is 25.1 Å². The van der Waals surface area contributed by atoms with Crippen molar-refractivity contribution >= 4 is 5.97 Å². The van der Waals surface area contributed by atoms with Crippen LogP contribution in [0, 0.1) is 5.82 Å². The molecule has 0 amide bonds. The first kappa shape index (κ1) is 30.3. The van der Waals surface area contributed by atoms with E-state index in [-0.39, 0.29) is 24.4 Å². The van der Waals surface area contributed by atoms with Crippen molar-refractivity contribution in [1.29, 1.82) is 0 Å². The Morgan fingerprint density at radius 1 is 0.905 bits per heavy atom. The molecule has 0 fully saturated rings. The van der Waals surface area contributed by atoms with Crippen LogP contribution in [0.2, 0.25) is 0 Å². The van der Waals surface area contributed by atoms with E-state index in [2.05, 4.69) is 20.6 Å². The van der Waals surface area contributed by atoms with Gasteiger partial charge in [0.2, 0.25) is 0 Å². The minimum Gasteiger partial charge on any atom is -0.507 e. The van der Waals surface area contributed by atoms with Crippen molar-refractivity contribution in [2.24, 2.45) is 0 Å². The Balaban J connectivity index is 1.31. The molecule has 0 atom stereocenters. The summed E-state index contributed by atoms with van der Waals surface area (Å²) in [5, 5.41) is 33.6. The van der Waals surface area contributed by atoms with Crippen LogP contribution in [0.5, 0.6) is 23.0 Å². The van der Waals surface area contributed by atoms with Gasteiger partial charge in [-0.25, -0.2) is 9.49 Å². The number of hydrogen-bond donors (Lipinski definition) is 3. The normalized spacial score (nSPS) is 10.9. The van der Waals surface area contributed by atoms with Gasteiger partial charge in [0.05, 0.1) is 19.8 Å². The van der Waals surface area contributed by atoms with Crippen LogP contribution in [-0.4, -0.2) is 56.6 Å². The van der Waals surface area contributed by atoms with Crippen LogP contribution in [-0.2, 0) is 24.1 Å². The molecule has 0 saturated heterocycles. The zero-order chi connectivity index (χ0) is 29.7. The first-order valence-electron chi connectivity index (χ1n) is 14.0. The number of benzene rings is 3. The minimum absolute atomic E-state index is 0.0461. The number of phenols is 1. The van der Waals surface area contributed by atoms with Gasteiger partial charge in [0.25, 0.3) is 0 Å². The van der Waals surface area contributed by atoms with Gasteiger partial charge in [-0.15, -0.1) is 5.10 Å². The number of aromatic hydroxyl groups is 1. The van der Waals surface area contributed by atoms with E-state index in [9.17, 15) is 19.4 Å². The summed E-state index contributed by atoms with van der Waals surface area (Å²) in [4.78, 5) is 11.3. The zero-order valence-corrected chi connectivity index (χ0v) is 23.5. The second kappa shape index (κ2) is 15.4. The van der Waals surface area contributed by atoms with E-state index in [0.29, 0.717) is 61.9 Å². The SMILES string of the molecule is CCc1cc(-c2ccc(F)cc2)c(O)cc1OCCCOc1cccc(OCCCCc2nnn[nH]2)c1CCC(=O)O. The summed E-state index contributed by atoms with van der Waals surface area (Å²) in [6.45, 7) is 3.16. The number of aryl methyl sites for hydroxylation is 2. The number of tetrazole rings is 1. The van der Waals surface area contributed by atoms with E-state index in [1.54, 1.807) is 18.2 Å². The monoisotopic (exact) mass is 578 g/mol. The molecular formula is C31H35FN4O6. The van der Waals surface area contributed by atoms with Gasteiger partial charge >= 0.3 is 5.97 Å². The number of carboxylic acid groups (broad SMARTS) is 1. The fraction of sp³-hybridized carbons (Fsp3) is 0.355. The molecular weight excluding hydrogens is 543 g/mol. The van der Waals surface area contributed by atoms with Gasteiger partial charge in [0, 0.05) is 36.5 Å². The van der Waals surface area contributed by atoms with Gasteiger partial charge in [0.15, 0.2) is 0 Å². The van der Waals surface area contributed by atoms with Crippen molar-refractivity contribution in [2.45, 2.75) is 51.9 Å². The number of aliphatic carboxylic acids is 1. The van der Waals surface area contributed by atoms with Crippen molar-refractivity contribution in [2.75, 3.05) is 19.8 Å². The molecule has 0 aliphatic heterocycles. The number of aromatic nitrogens is 4. The Bertz CT molecular complexity index is 1430. The first-order chi connectivity index (χ1) is 20.4. The highest BCUT2D eigenvalue weighted by Crippen LogP contribution is 2.36. The Morgan fingerprint density at radius 3 is 2.24 bits per heavy atom. The molecule has 10 nitrogen and oxygen atoms in total. The molecule has 0 radical (unpaired) electrons. The van der Waals surface area contributed by atoms with E-state index in [1.807, 2.05) is 31.2 Å². The van der Waals surface area contributed by atoms with E-state index < -0.39 is 5.97 Å². The fourth-order valence-corrected chi connectivity index (χ4v) is 4.46. The topological polar surface area (TPSA) is 140 Å². The number of carbonyl (C=O) groups is 1. The maximum Gasteiger partial charge on any atom is 0.303 e. The van der Waals surface area contributed by atoms with Crippen LogP contribution in [0.1, 0.15) is 49.6 Å². The smallest absolute Gasteiger partial charge is 0.303 e. The molecule has 3 N–H and O–H groups in total. The minimum atomic E-state index is -0.898. The van der Waals surface area contributed by atoms with Crippen LogP contribution in [0.25, 0.3) is 11.1 Å². The third-order valence-electron chi connectivity index (χ3n) is 6.65. The molecule has 222 valence electrons. The molecule has 0 bridgehead atoms. The highest BCUT2D eigenvalue weighted by Gasteiger charge is 2.14. The summed E-state index contributed by atoms with van der Waals surface area (Å²) in [5.41, 5.74) is 2.98. The largest absolute Gasteiger partial charge is 0.507 e. The number of phenolic OH excluding ortho intramolecular Hbond substituents is 1. The van der Waals surface area contributed by atoms with E-state index in [0.717, 1.165) is 35.4 Å². The Kier molecular flexibility index (Phi) is 11.1. The number of carboxylic acids is 1. The van der Waals surface area contributed by atoms with Crippen molar-refractivity contribution in [1.82, 2.24) is 20.6 Å². The van der Waals surface area contributed by atoms with Crippen molar-refractivity contribution in [3.8, 4) is 34.1 Å². The third-order valence-corrected chi connectivity index (χ3v) is 6.65. The summed E-state index contributed by atoms with van der Waals surface area (Å²) in [6.07, 6.45) is 3.81. The Morgan fingerprint density at radius 2 is 1.60 bits per heavy atom. The van der Waals surface area contributed by atoms with E-state index >= 15 is 0 Å². The molecule has 4 rings (SSSR count). The molecule has 42 heavy (non-hydrogen) atoms. The lowest BCUT2D eigenvalue weighted by molar-refractivity contribution is -0.136. The Labute approximate surface area is 243 Å². The molecule has 3 aromatic carbocycles. The van der Waals surface area contributed by atoms with Crippen LogP contribution < -0.4 is 14.2 Å². The highest BCUT2D eigenvalue weighted by atomic mass is 19.1. The molecule has 1 heterocycles. The summed E-state index contributed by atoms with van der Waals surface area (Å²) < 4.78 is 31.3. The molecule has 4 aromatic rings. The number of nitrogens with one attached hydrogen (secondary N) is 1. The molecule has 11 heteroatoms. The van der Waals surface area contributed by atoms with Crippen LogP contribution in [0.4, 0.5) is 4.39 Å². The van der Waals surface area contributed by atoms with Crippen molar-refractivity contribution < 1.29 is 33.6 Å². The van der Waals surface area contributed by atoms with Crippen LogP contribution >= 0.6 is 0 Å². The lowest BCUT2D eigenvalue weighted by atomic mass is 10.00. The zero-order valence-electron chi connectivity index (χ0n) is 23.5. The van der Waals surface area contributed by atoms with Crippen molar-refractivity contribution in [3.05, 3.63) is 77.4 Å². The molecule has 0 spiro atoms. The second-order valence-electron chi connectivity index (χ2n) is 9.67. The summed E-state index contributed by atoms with van der Waals surface area (Å²) >= 11 is 0.